The Bertz CT molecular complexity index is 510. The first kappa shape index (κ1) is 15.8. The maximum Gasteiger partial charge on any atom is 0.234 e. The molecule has 1 aromatic heterocycles. The number of aliphatic hydroxyl groups is 1. The molecule has 1 amide bonds. The van der Waals surface area contributed by atoms with Crippen molar-refractivity contribution in [3.05, 3.63) is 11.4 Å². The van der Waals surface area contributed by atoms with Crippen LogP contribution in [-0.4, -0.2) is 58.0 Å². The Labute approximate surface area is 125 Å². The summed E-state index contributed by atoms with van der Waals surface area (Å²) < 4.78 is 1.72. The fourth-order valence-electron chi connectivity index (χ4n) is 2.32. The van der Waals surface area contributed by atoms with E-state index in [0.717, 1.165) is 24.2 Å². The molecule has 0 bridgehead atoms. The lowest BCUT2D eigenvalue weighted by Crippen LogP contribution is -2.40. The van der Waals surface area contributed by atoms with Crippen LogP contribution in [0, 0.1) is 13.8 Å². The summed E-state index contributed by atoms with van der Waals surface area (Å²) in [6.07, 6.45) is 1.57. The smallest absolute Gasteiger partial charge is 0.234 e. The van der Waals surface area contributed by atoms with Crippen LogP contribution in [0.2, 0.25) is 0 Å². The van der Waals surface area contributed by atoms with Gasteiger partial charge >= 0.3 is 0 Å². The lowest BCUT2D eigenvalue weighted by Gasteiger charge is -2.20. The van der Waals surface area contributed by atoms with Crippen LogP contribution in [0.1, 0.15) is 24.2 Å². The van der Waals surface area contributed by atoms with Gasteiger partial charge in [0.2, 0.25) is 5.91 Å². The minimum absolute atomic E-state index is 0.0163. The molecule has 0 aromatic carbocycles. The molecule has 0 saturated heterocycles. The molecule has 1 aliphatic rings. The highest BCUT2D eigenvalue weighted by Gasteiger charge is 2.24. The van der Waals surface area contributed by atoms with Crippen molar-refractivity contribution in [2.45, 2.75) is 45.4 Å². The number of hydrogen-bond acceptors (Lipinski definition) is 5. The molecule has 4 N–H and O–H groups in total. The van der Waals surface area contributed by atoms with Crippen molar-refractivity contribution in [2.75, 3.05) is 25.9 Å². The van der Waals surface area contributed by atoms with Crippen molar-refractivity contribution >= 4 is 11.6 Å². The zero-order chi connectivity index (χ0) is 15.6. The fraction of sp³-hybridized carbons (Fsp3) is 0.714. The molecule has 1 aromatic rings. The highest BCUT2D eigenvalue weighted by atomic mass is 16.3. The van der Waals surface area contributed by atoms with Crippen molar-refractivity contribution in [1.29, 1.82) is 0 Å². The monoisotopic (exact) mass is 295 g/mol. The molecule has 118 valence electrons. The van der Waals surface area contributed by atoms with E-state index in [1.165, 1.54) is 0 Å². The van der Waals surface area contributed by atoms with Crippen molar-refractivity contribution < 1.29 is 9.90 Å². The summed E-state index contributed by atoms with van der Waals surface area (Å²) in [5.41, 5.74) is 8.17. The number of nitrogens with two attached hydrogens (primary N) is 1. The summed E-state index contributed by atoms with van der Waals surface area (Å²) in [6.45, 7) is 4.82. The van der Waals surface area contributed by atoms with Gasteiger partial charge in [0.1, 0.15) is 0 Å². The topological polar surface area (TPSA) is 96.4 Å². The van der Waals surface area contributed by atoms with E-state index in [-0.39, 0.29) is 5.91 Å². The van der Waals surface area contributed by atoms with Crippen LogP contribution in [-0.2, 0) is 11.3 Å². The zero-order valence-corrected chi connectivity index (χ0v) is 13.0. The van der Waals surface area contributed by atoms with E-state index in [0.29, 0.717) is 31.4 Å². The number of carbonyl (C=O) groups is 1. The third kappa shape index (κ3) is 4.44. The van der Waals surface area contributed by atoms with Crippen molar-refractivity contribution in [1.82, 2.24) is 20.0 Å². The van der Waals surface area contributed by atoms with Gasteiger partial charge in [-0.3, -0.25) is 14.4 Å². The first-order valence-electron chi connectivity index (χ1n) is 7.32. The summed E-state index contributed by atoms with van der Waals surface area (Å²) in [5.74, 6) is 0.0163. The molecule has 1 aliphatic carbocycles. The molecular weight excluding hydrogens is 270 g/mol. The third-order valence-corrected chi connectivity index (χ3v) is 3.70. The van der Waals surface area contributed by atoms with Crippen molar-refractivity contribution in [3.8, 4) is 0 Å². The van der Waals surface area contributed by atoms with E-state index in [2.05, 4.69) is 10.4 Å². The molecule has 1 atom stereocenters. The van der Waals surface area contributed by atoms with Gasteiger partial charge in [0.15, 0.2) is 0 Å². The van der Waals surface area contributed by atoms with E-state index in [1.54, 1.807) is 4.68 Å². The van der Waals surface area contributed by atoms with Gasteiger partial charge in [0.05, 0.1) is 36.3 Å². The van der Waals surface area contributed by atoms with Gasteiger partial charge in [0, 0.05) is 12.6 Å². The Hall–Kier alpha value is -1.60. The van der Waals surface area contributed by atoms with E-state index in [4.69, 9.17) is 5.73 Å². The van der Waals surface area contributed by atoms with Gasteiger partial charge in [-0.2, -0.15) is 5.10 Å². The molecule has 1 fully saturated rings. The second kappa shape index (κ2) is 6.44. The number of likely N-dealkylation sites (N-methyl/N-ethyl adjacent to an activating group) is 1. The first-order valence-corrected chi connectivity index (χ1v) is 7.32. The molecule has 21 heavy (non-hydrogen) atoms. The molecule has 1 heterocycles. The van der Waals surface area contributed by atoms with E-state index in [9.17, 15) is 9.90 Å². The Morgan fingerprint density at radius 2 is 2.24 bits per heavy atom. The zero-order valence-electron chi connectivity index (χ0n) is 13.0. The predicted molar refractivity (Wildman–Crippen MR) is 80.8 cm³/mol. The summed E-state index contributed by atoms with van der Waals surface area (Å²) in [4.78, 5) is 13.5. The third-order valence-electron chi connectivity index (χ3n) is 3.70. The average Bonchev–Trinajstić information content (AvgIpc) is 3.15. The first-order chi connectivity index (χ1) is 9.86. The number of aryl methyl sites for hydroxylation is 1. The molecule has 2 rings (SSSR count). The van der Waals surface area contributed by atoms with Gasteiger partial charge in [-0.15, -0.1) is 0 Å². The molecule has 0 radical (unpaired) electrons. The van der Waals surface area contributed by atoms with Crippen molar-refractivity contribution in [3.63, 3.8) is 0 Å². The van der Waals surface area contributed by atoms with Crippen LogP contribution in [0.3, 0.4) is 0 Å². The number of carbonyl (C=O) groups excluding carboxylic acids is 1. The fourth-order valence-corrected chi connectivity index (χ4v) is 2.32. The number of nitrogens with zero attached hydrogens (tertiary/aromatic N) is 3. The van der Waals surface area contributed by atoms with E-state index in [1.807, 2.05) is 25.8 Å². The quantitative estimate of drug-likeness (QED) is 0.639. The Morgan fingerprint density at radius 3 is 2.76 bits per heavy atom. The van der Waals surface area contributed by atoms with Gasteiger partial charge in [-0.05, 0) is 33.7 Å². The summed E-state index contributed by atoms with van der Waals surface area (Å²) in [7, 11) is 1.82. The average molecular weight is 295 g/mol. The molecule has 0 aliphatic heterocycles. The number of nitrogen functional groups attached to an aromatic ring is 1. The SMILES string of the molecule is Cc1nn(CC(O)CN(C)CC(=O)NC2CC2)c(C)c1N. The van der Waals surface area contributed by atoms with Crippen LogP contribution in [0.4, 0.5) is 5.69 Å². The highest BCUT2D eigenvalue weighted by Crippen LogP contribution is 2.18. The standard InChI is InChI=1S/C14H25N5O2/c1-9-14(15)10(2)19(17-9)7-12(20)6-18(3)8-13(21)16-11-4-5-11/h11-12,20H,4-8,15H2,1-3H3,(H,16,21). The lowest BCUT2D eigenvalue weighted by molar-refractivity contribution is -0.122. The number of aliphatic hydroxyl groups excluding tert-OH is 1. The normalized spacial score (nSPS) is 16.2. The molecule has 1 unspecified atom stereocenters. The number of nitrogens with one attached hydrogen (secondary N) is 1. The Morgan fingerprint density at radius 1 is 1.57 bits per heavy atom. The van der Waals surface area contributed by atoms with Crippen LogP contribution in [0.15, 0.2) is 0 Å². The van der Waals surface area contributed by atoms with Gasteiger partial charge in [-0.1, -0.05) is 0 Å². The molecule has 1 saturated carbocycles. The number of rotatable bonds is 7. The summed E-state index contributed by atoms with van der Waals surface area (Å²) in [6, 6.07) is 0.369. The number of amides is 1. The van der Waals surface area contributed by atoms with Crippen LogP contribution >= 0.6 is 0 Å². The number of anilines is 1. The van der Waals surface area contributed by atoms with Crippen LogP contribution < -0.4 is 11.1 Å². The number of aromatic nitrogens is 2. The minimum atomic E-state index is -0.596. The van der Waals surface area contributed by atoms with Gasteiger partial charge in [0.25, 0.3) is 0 Å². The minimum Gasteiger partial charge on any atom is -0.396 e. The maximum absolute atomic E-state index is 11.7. The number of hydrogen-bond donors (Lipinski definition) is 3. The van der Waals surface area contributed by atoms with E-state index >= 15 is 0 Å². The highest BCUT2D eigenvalue weighted by molar-refractivity contribution is 5.78. The maximum atomic E-state index is 11.7. The molecule has 7 heteroatoms. The second-order valence-corrected chi connectivity index (χ2v) is 5.96. The van der Waals surface area contributed by atoms with Gasteiger partial charge < -0.3 is 16.2 Å². The predicted octanol–water partition coefficient (Wildman–Crippen LogP) is -0.347. The van der Waals surface area contributed by atoms with E-state index < -0.39 is 6.10 Å². The summed E-state index contributed by atoms with van der Waals surface area (Å²) in [5, 5.41) is 17.4. The largest absolute Gasteiger partial charge is 0.396 e. The molecule has 7 nitrogen and oxygen atoms in total. The Balaban J connectivity index is 1.78. The summed E-state index contributed by atoms with van der Waals surface area (Å²) >= 11 is 0. The van der Waals surface area contributed by atoms with Crippen LogP contribution in [0.25, 0.3) is 0 Å². The lowest BCUT2D eigenvalue weighted by atomic mass is 10.3. The second-order valence-electron chi connectivity index (χ2n) is 5.96. The molecule has 0 spiro atoms. The van der Waals surface area contributed by atoms with Crippen LogP contribution in [0.5, 0.6) is 0 Å². The molecular formula is C14H25N5O2. The Kier molecular flexibility index (Phi) is 4.84. The van der Waals surface area contributed by atoms with Crippen molar-refractivity contribution in [2.24, 2.45) is 0 Å². The van der Waals surface area contributed by atoms with Gasteiger partial charge in [-0.25, -0.2) is 0 Å².